The van der Waals surface area contributed by atoms with Crippen molar-refractivity contribution in [3.8, 4) is 5.82 Å². The van der Waals surface area contributed by atoms with Crippen LogP contribution < -0.4 is 0 Å². The Labute approximate surface area is 142 Å². The first kappa shape index (κ1) is 14.9. The molecule has 0 amide bonds. The van der Waals surface area contributed by atoms with Gasteiger partial charge >= 0.3 is 6.18 Å². The Balaban J connectivity index is 1.82. The minimum Gasteiger partial charge on any atom is -0.322 e. The summed E-state index contributed by atoms with van der Waals surface area (Å²) in [4.78, 5) is 8.46. The van der Waals surface area contributed by atoms with Crippen LogP contribution in [0, 0.1) is 3.70 Å². The van der Waals surface area contributed by atoms with Crippen LogP contribution in [0.2, 0.25) is 0 Å². The summed E-state index contributed by atoms with van der Waals surface area (Å²) in [6.07, 6.45) is 1.14. The molecule has 0 aromatic carbocycles. The number of fused-ring (bicyclic) bond motifs is 2. The van der Waals surface area contributed by atoms with Crippen molar-refractivity contribution in [1.29, 1.82) is 0 Å². The summed E-state index contributed by atoms with van der Waals surface area (Å²) < 4.78 is 42.9. The molecular formula is C14H11F3IN5. The third-order valence-corrected chi connectivity index (χ3v) is 4.97. The molecule has 0 radical (unpaired) electrons. The summed E-state index contributed by atoms with van der Waals surface area (Å²) in [6.45, 7) is 0.915. The van der Waals surface area contributed by atoms with E-state index < -0.39 is 11.7 Å². The van der Waals surface area contributed by atoms with Gasteiger partial charge in [-0.15, -0.1) is 0 Å². The third-order valence-electron chi connectivity index (χ3n) is 3.90. The number of pyridine rings is 1. The largest absolute Gasteiger partial charge is 0.417 e. The lowest BCUT2D eigenvalue weighted by molar-refractivity contribution is -0.137. The van der Waals surface area contributed by atoms with E-state index in [1.807, 2.05) is 0 Å². The van der Waals surface area contributed by atoms with Gasteiger partial charge in [-0.05, 0) is 41.5 Å². The minimum absolute atomic E-state index is 0.210. The van der Waals surface area contributed by atoms with E-state index in [0.717, 1.165) is 47.6 Å². The van der Waals surface area contributed by atoms with Crippen molar-refractivity contribution in [3.05, 3.63) is 33.5 Å². The van der Waals surface area contributed by atoms with Crippen LogP contribution in [0.4, 0.5) is 13.2 Å². The molecule has 0 unspecified atom stereocenters. The maximum atomic E-state index is 12.8. The second-order valence-corrected chi connectivity index (χ2v) is 6.47. The summed E-state index contributed by atoms with van der Waals surface area (Å²) in [5.41, 5.74) is -0.171. The molecule has 0 saturated heterocycles. The predicted molar refractivity (Wildman–Crippen MR) is 85.3 cm³/mol. The Morgan fingerprint density at radius 3 is 2.74 bits per heavy atom. The molecular weight excluding hydrogens is 422 g/mol. The maximum Gasteiger partial charge on any atom is 0.417 e. The van der Waals surface area contributed by atoms with Crippen molar-refractivity contribution < 1.29 is 13.2 Å². The monoisotopic (exact) mass is 433 g/mol. The molecule has 0 aliphatic carbocycles. The molecule has 3 aromatic heterocycles. The van der Waals surface area contributed by atoms with Gasteiger partial charge in [-0.25, -0.2) is 9.67 Å². The van der Waals surface area contributed by atoms with Crippen LogP contribution in [0.5, 0.6) is 0 Å². The van der Waals surface area contributed by atoms with Crippen molar-refractivity contribution in [2.75, 3.05) is 0 Å². The van der Waals surface area contributed by atoms with Gasteiger partial charge in [-0.1, -0.05) is 0 Å². The number of alkyl halides is 3. The first-order chi connectivity index (χ1) is 10.9. The van der Waals surface area contributed by atoms with Gasteiger partial charge in [-0.2, -0.15) is 18.3 Å². The van der Waals surface area contributed by atoms with Gasteiger partial charge in [0.1, 0.15) is 20.6 Å². The number of aromatic nitrogens is 5. The van der Waals surface area contributed by atoms with Gasteiger partial charge in [0.15, 0.2) is 5.82 Å². The van der Waals surface area contributed by atoms with Crippen molar-refractivity contribution >= 4 is 33.6 Å². The van der Waals surface area contributed by atoms with Gasteiger partial charge in [0.2, 0.25) is 0 Å². The standard InChI is InChI=1S/C14H11F3IN5/c15-14(16,17)8-5-9-10(19-6-8)7-23(21-9)13-12(18)22-4-2-1-3-11(22)20-13/h5-7H,1-4H2. The first-order valence-electron chi connectivity index (χ1n) is 7.11. The van der Waals surface area contributed by atoms with Gasteiger partial charge in [-0.3, -0.25) is 4.98 Å². The third kappa shape index (κ3) is 2.50. The molecule has 9 heteroatoms. The molecule has 0 saturated carbocycles. The number of rotatable bonds is 1. The topological polar surface area (TPSA) is 48.5 Å². The van der Waals surface area contributed by atoms with Gasteiger partial charge in [0.05, 0.1) is 11.8 Å². The Hall–Kier alpha value is -1.65. The van der Waals surface area contributed by atoms with Crippen molar-refractivity contribution in [2.45, 2.75) is 32.0 Å². The van der Waals surface area contributed by atoms with Gasteiger partial charge < -0.3 is 4.57 Å². The Kier molecular flexibility index (Phi) is 3.36. The SMILES string of the molecule is FC(F)(F)c1cnc2cn(-c3nc4n(c3I)CCCC4)nc2c1. The Morgan fingerprint density at radius 2 is 2.00 bits per heavy atom. The van der Waals surface area contributed by atoms with Crippen LogP contribution in [-0.4, -0.2) is 24.3 Å². The molecule has 0 bridgehead atoms. The zero-order valence-electron chi connectivity index (χ0n) is 11.8. The second-order valence-electron chi connectivity index (χ2n) is 5.45. The lowest BCUT2D eigenvalue weighted by Gasteiger charge is -2.13. The number of hydrogen-bond acceptors (Lipinski definition) is 3. The first-order valence-corrected chi connectivity index (χ1v) is 8.19. The molecule has 0 fully saturated rings. The van der Waals surface area contributed by atoms with Crippen LogP contribution in [0.15, 0.2) is 18.5 Å². The quantitative estimate of drug-likeness (QED) is 0.552. The summed E-state index contributed by atoms with van der Waals surface area (Å²) in [6, 6.07) is 1.02. The fourth-order valence-electron chi connectivity index (χ4n) is 2.75. The lowest BCUT2D eigenvalue weighted by atomic mass is 10.2. The molecule has 23 heavy (non-hydrogen) atoms. The minimum atomic E-state index is -4.42. The van der Waals surface area contributed by atoms with E-state index in [2.05, 4.69) is 42.2 Å². The molecule has 0 atom stereocenters. The molecule has 0 N–H and O–H groups in total. The molecule has 120 valence electrons. The molecule has 0 spiro atoms. The maximum absolute atomic E-state index is 12.8. The summed E-state index contributed by atoms with van der Waals surface area (Å²) in [5.74, 6) is 1.65. The van der Waals surface area contributed by atoms with E-state index in [9.17, 15) is 13.2 Å². The lowest BCUT2D eigenvalue weighted by Crippen LogP contribution is -2.11. The zero-order chi connectivity index (χ0) is 16.2. The predicted octanol–water partition coefficient (Wildman–Crippen LogP) is 3.58. The van der Waals surface area contributed by atoms with Crippen molar-refractivity contribution in [3.63, 3.8) is 0 Å². The summed E-state index contributed by atoms with van der Waals surface area (Å²) in [7, 11) is 0. The highest BCUT2D eigenvalue weighted by Crippen LogP contribution is 2.30. The van der Waals surface area contributed by atoms with E-state index in [0.29, 0.717) is 11.3 Å². The van der Waals surface area contributed by atoms with Crippen LogP contribution in [-0.2, 0) is 19.1 Å². The average molecular weight is 433 g/mol. The number of halogens is 4. The van der Waals surface area contributed by atoms with E-state index in [4.69, 9.17) is 0 Å². The molecule has 4 rings (SSSR count). The highest BCUT2D eigenvalue weighted by atomic mass is 127. The summed E-state index contributed by atoms with van der Waals surface area (Å²) >= 11 is 2.21. The number of nitrogens with zero attached hydrogens (tertiary/aromatic N) is 5. The van der Waals surface area contributed by atoms with Crippen molar-refractivity contribution in [2.24, 2.45) is 0 Å². The molecule has 1 aliphatic heterocycles. The van der Waals surface area contributed by atoms with Crippen LogP contribution in [0.3, 0.4) is 0 Å². The van der Waals surface area contributed by atoms with E-state index in [1.54, 1.807) is 6.20 Å². The van der Waals surface area contributed by atoms with Crippen LogP contribution in [0.1, 0.15) is 24.2 Å². The smallest absolute Gasteiger partial charge is 0.322 e. The number of imidazole rings is 1. The molecule has 5 nitrogen and oxygen atoms in total. The highest BCUT2D eigenvalue weighted by molar-refractivity contribution is 14.1. The fourth-order valence-corrected chi connectivity index (χ4v) is 3.63. The normalized spacial score (nSPS) is 15.1. The van der Waals surface area contributed by atoms with E-state index >= 15 is 0 Å². The van der Waals surface area contributed by atoms with E-state index in [-0.39, 0.29) is 5.52 Å². The number of aryl methyl sites for hydroxylation is 1. The van der Waals surface area contributed by atoms with E-state index in [1.165, 1.54) is 4.68 Å². The molecule has 1 aliphatic rings. The zero-order valence-corrected chi connectivity index (χ0v) is 14.0. The second kappa shape index (κ2) is 5.18. The van der Waals surface area contributed by atoms with Crippen LogP contribution >= 0.6 is 22.6 Å². The Morgan fingerprint density at radius 1 is 1.17 bits per heavy atom. The number of hydrogen-bond donors (Lipinski definition) is 0. The van der Waals surface area contributed by atoms with Crippen molar-refractivity contribution in [1.82, 2.24) is 24.3 Å². The molecule has 3 aromatic rings. The average Bonchev–Trinajstić information content (AvgIpc) is 3.07. The van der Waals surface area contributed by atoms with Gasteiger partial charge in [0.25, 0.3) is 0 Å². The Bertz CT molecular complexity index is 896. The molecule has 4 heterocycles. The summed E-state index contributed by atoms with van der Waals surface area (Å²) in [5, 5.41) is 4.23. The fraction of sp³-hybridized carbons (Fsp3) is 0.357. The van der Waals surface area contributed by atoms with Crippen LogP contribution in [0.25, 0.3) is 16.9 Å². The van der Waals surface area contributed by atoms with Gasteiger partial charge in [0, 0.05) is 19.2 Å². The highest BCUT2D eigenvalue weighted by Gasteiger charge is 2.31.